The number of methoxy groups -OCH3 is 1. The Morgan fingerprint density at radius 3 is 2.50 bits per heavy atom. The molecule has 1 amide bonds. The van der Waals surface area contributed by atoms with Crippen molar-refractivity contribution in [1.29, 1.82) is 0 Å². The highest BCUT2D eigenvalue weighted by Gasteiger charge is 2.18. The molecule has 2 aromatic rings. The molecule has 138 valence electrons. The summed E-state index contributed by atoms with van der Waals surface area (Å²) in [7, 11) is 1.63. The zero-order valence-electron chi connectivity index (χ0n) is 14.9. The first kappa shape index (κ1) is 18.0. The number of hydrogen-bond donors (Lipinski definition) is 2. The van der Waals surface area contributed by atoms with Crippen LogP contribution in [0.15, 0.2) is 36.7 Å². The Bertz CT molecular complexity index is 698. The van der Waals surface area contributed by atoms with Crippen molar-refractivity contribution in [3.63, 3.8) is 0 Å². The third-order valence-electron chi connectivity index (χ3n) is 4.31. The summed E-state index contributed by atoms with van der Waals surface area (Å²) < 4.78 is 10.7. The summed E-state index contributed by atoms with van der Waals surface area (Å²) in [5.74, 6) is 2.03. The predicted octanol–water partition coefficient (Wildman–Crippen LogP) is 2.65. The fraction of sp³-hybridized carbons (Fsp3) is 0.421. The second-order valence-corrected chi connectivity index (χ2v) is 6.19. The quantitative estimate of drug-likeness (QED) is 0.707. The number of benzene rings is 1. The third kappa shape index (κ3) is 5.08. The second-order valence-electron chi connectivity index (χ2n) is 6.19. The number of nitrogens with zero attached hydrogens (tertiary/aromatic N) is 2. The van der Waals surface area contributed by atoms with Crippen molar-refractivity contribution in [1.82, 2.24) is 15.3 Å². The predicted molar refractivity (Wildman–Crippen MR) is 98.7 cm³/mol. The number of carbonyl (C=O) groups is 1. The van der Waals surface area contributed by atoms with Crippen LogP contribution in [0.3, 0.4) is 0 Å². The van der Waals surface area contributed by atoms with Crippen molar-refractivity contribution in [2.75, 3.05) is 25.6 Å². The molecule has 26 heavy (non-hydrogen) atoms. The molecule has 0 spiro atoms. The number of anilines is 1. The Balaban J connectivity index is 1.40. The summed E-state index contributed by atoms with van der Waals surface area (Å²) >= 11 is 0. The summed E-state index contributed by atoms with van der Waals surface area (Å²) in [6, 6.07) is 7.69. The maximum Gasteiger partial charge on any atom is 0.271 e. The van der Waals surface area contributed by atoms with E-state index in [1.54, 1.807) is 13.3 Å². The topological polar surface area (TPSA) is 85.4 Å². The van der Waals surface area contributed by atoms with Gasteiger partial charge in [0.05, 0.1) is 26.0 Å². The number of carbonyl (C=O) groups excluding carboxylic acids is 1. The van der Waals surface area contributed by atoms with Crippen LogP contribution in [0.2, 0.25) is 0 Å². The van der Waals surface area contributed by atoms with Gasteiger partial charge in [-0.3, -0.25) is 4.79 Å². The number of rotatable bonds is 8. The van der Waals surface area contributed by atoms with Crippen LogP contribution < -0.4 is 20.1 Å². The largest absolute Gasteiger partial charge is 0.497 e. The molecular weight excluding hydrogens is 332 g/mol. The zero-order valence-corrected chi connectivity index (χ0v) is 14.9. The number of hydrogen-bond acceptors (Lipinski definition) is 6. The maximum absolute atomic E-state index is 12.1. The third-order valence-corrected chi connectivity index (χ3v) is 4.31. The van der Waals surface area contributed by atoms with Gasteiger partial charge in [0.1, 0.15) is 29.6 Å². The van der Waals surface area contributed by atoms with E-state index in [0.29, 0.717) is 24.7 Å². The normalized spacial score (nSPS) is 14.0. The van der Waals surface area contributed by atoms with Crippen molar-refractivity contribution >= 4 is 11.7 Å². The molecule has 7 nitrogen and oxygen atoms in total. The minimum atomic E-state index is -0.154. The lowest BCUT2D eigenvalue weighted by molar-refractivity contribution is 0.0932. The second kappa shape index (κ2) is 9.03. The van der Waals surface area contributed by atoms with Gasteiger partial charge in [-0.25, -0.2) is 9.97 Å². The lowest BCUT2D eigenvalue weighted by Gasteiger charge is -2.11. The molecule has 0 atom stereocenters. The molecule has 1 saturated carbocycles. The molecule has 0 unspecified atom stereocenters. The van der Waals surface area contributed by atoms with Gasteiger partial charge in [0.25, 0.3) is 5.91 Å². The summed E-state index contributed by atoms with van der Waals surface area (Å²) in [4.78, 5) is 20.5. The maximum atomic E-state index is 12.1. The van der Waals surface area contributed by atoms with Crippen LogP contribution in [-0.4, -0.2) is 42.2 Å². The molecule has 1 aliphatic carbocycles. The summed E-state index contributed by atoms with van der Waals surface area (Å²) in [6.07, 6.45) is 7.52. The number of aromatic nitrogens is 2. The molecule has 0 saturated heterocycles. The van der Waals surface area contributed by atoms with Gasteiger partial charge in [-0.2, -0.15) is 0 Å². The Hall–Kier alpha value is -2.83. The minimum absolute atomic E-state index is 0.154. The van der Waals surface area contributed by atoms with E-state index in [-0.39, 0.29) is 11.9 Å². The van der Waals surface area contributed by atoms with E-state index < -0.39 is 0 Å². The van der Waals surface area contributed by atoms with Gasteiger partial charge < -0.3 is 20.1 Å². The molecule has 1 aromatic carbocycles. The number of ether oxygens (including phenoxy) is 2. The molecule has 7 heteroatoms. The SMILES string of the molecule is COc1ccc(OCCNc2cnc(C(=O)NC3CCCC3)cn2)cc1. The van der Waals surface area contributed by atoms with Gasteiger partial charge in [0, 0.05) is 6.04 Å². The molecule has 2 N–H and O–H groups in total. The average molecular weight is 356 g/mol. The van der Waals surface area contributed by atoms with Crippen molar-refractivity contribution in [3.8, 4) is 11.5 Å². The van der Waals surface area contributed by atoms with Gasteiger partial charge in [-0.05, 0) is 37.1 Å². The van der Waals surface area contributed by atoms with Crippen molar-refractivity contribution in [2.24, 2.45) is 0 Å². The van der Waals surface area contributed by atoms with E-state index in [1.807, 2.05) is 24.3 Å². The first-order chi connectivity index (χ1) is 12.7. The smallest absolute Gasteiger partial charge is 0.271 e. The highest BCUT2D eigenvalue weighted by molar-refractivity contribution is 5.92. The minimum Gasteiger partial charge on any atom is -0.497 e. The number of amides is 1. The van der Waals surface area contributed by atoms with E-state index >= 15 is 0 Å². The lowest BCUT2D eigenvalue weighted by Crippen LogP contribution is -2.33. The fourth-order valence-corrected chi connectivity index (χ4v) is 2.89. The molecule has 1 heterocycles. The standard InChI is InChI=1S/C19H24N4O3/c1-25-15-6-8-16(9-7-15)26-11-10-20-18-13-21-17(12-22-18)19(24)23-14-4-2-3-5-14/h6-9,12-14H,2-5,10-11H2,1H3,(H,20,22)(H,23,24). The molecule has 0 bridgehead atoms. The van der Waals surface area contributed by atoms with Gasteiger partial charge in [0.2, 0.25) is 0 Å². The Kier molecular flexibility index (Phi) is 6.24. The van der Waals surface area contributed by atoms with Crippen LogP contribution in [0.4, 0.5) is 5.82 Å². The first-order valence-electron chi connectivity index (χ1n) is 8.88. The van der Waals surface area contributed by atoms with Gasteiger partial charge in [0.15, 0.2) is 0 Å². The van der Waals surface area contributed by atoms with Gasteiger partial charge >= 0.3 is 0 Å². The average Bonchev–Trinajstić information content (AvgIpc) is 3.19. The Morgan fingerprint density at radius 1 is 1.12 bits per heavy atom. The lowest BCUT2D eigenvalue weighted by atomic mass is 10.2. The Labute approximate surface area is 153 Å². The molecule has 0 aliphatic heterocycles. The molecule has 0 radical (unpaired) electrons. The van der Waals surface area contributed by atoms with Crippen molar-refractivity contribution in [2.45, 2.75) is 31.7 Å². The van der Waals surface area contributed by atoms with Crippen LogP contribution in [0.5, 0.6) is 11.5 Å². The molecule has 3 rings (SSSR count). The van der Waals surface area contributed by atoms with Crippen LogP contribution in [-0.2, 0) is 0 Å². The van der Waals surface area contributed by atoms with Crippen LogP contribution in [0.25, 0.3) is 0 Å². The van der Waals surface area contributed by atoms with Crippen LogP contribution >= 0.6 is 0 Å². The summed E-state index contributed by atoms with van der Waals surface area (Å²) in [6.45, 7) is 1.06. The fourth-order valence-electron chi connectivity index (χ4n) is 2.89. The highest BCUT2D eigenvalue weighted by Crippen LogP contribution is 2.18. The van der Waals surface area contributed by atoms with Crippen LogP contribution in [0.1, 0.15) is 36.2 Å². The van der Waals surface area contributed by atoms with E-state index in [2.05, 4.69) is 20.6 Å². The molecule has 1 fully saturated rings. The molecule has 1 aliphatic rings. The zero-order chi connectivity index (χ0) is 18.2. The highest BCUT2D eigenvalue weighted by atomic mass is 16.5. The van der Waals surface area contributed by atoms with E-state index in [0.717, 1.165) is 24.3 Å². The van der Waals surface area contributed by atoms with E-state index in [9.17, 15) is 4.79 Å². The molecular formula is C19H24N4O3. The monoisotopic (exact) mass is 356 g/mol. The van der Waals surface area contributed by atoms with Crippen molar-refractivity contribution < 1.29 is 14.3 Å². The van der Waals surface area contributed by atoms with Gasteiger partial charge in [-0.15, -0.1) is 0 Å². The molecule has 1 aromatic heterocycles. The Morgan fingerprint density at radius 2 is 1.85 bits per heavy atom. The van der Waals surface area contributed by atoms with Gasteiger partial charge in [-0.1, -0.05) is 12.8 Å². The summed E-state index contributed by atoms with van der Waals surface area (Å²) in [5.41, 5.74) is 0.344. The summed E-state index contributed by atoms with van der Waals surface area (Å²) in [5, 5.41) is 6.12. The van der Waals surface area contributed by atoms with E-state index in [1.165, 1.54) is 19.0 Å². The van der Waals surface area contributed by atoms with E-state index in [4.69, 9.17) is 9.47 Å². The first-order valence-corrected chi connectivity index (χ1v) is 8.88. The number of nitrogens with one attached hydrogen (secondary N) is 2. The van der Waals surface area contributed by atoms with Crippen LogP contribution in [0, 0.1) is 0 Å². The van der Waals surface area contributed by atoms with Crippen molar-refractivity contribution in [3.05, 3.63) is 42.4 Å².